The second-order valence-corrected chi connectivity index (χ2v) is 23.4. The van der Waals surface area contributed by atoms with Gasteiger partial charge in [0.05, 0.1) is 34.4 Å². The molecule has 9 heteroatoms. The van der Waals surface area contributed by atoms with Crippen molar-refractivity contribution in [2.75, 3.05) is 47.5 Å². The third-order valence-corrected chi connectivity index (χ3v) is 13.8. The average Bonchev–Trinajstić information content (AvgIpc) is 3.64. The van der Waals surface area contributed by atoms with Gasteiger partial charge in [-0.15, -0.1) is 0 Å². The summed E-state index contributed by atoms with van der Waals surface area (Å²) in [6, 6.07) is 0. The quantitative estimate of drug-likeness (QED) is 0.0211. The second kappa shape index (κ2) is 68.0. The summed E-state index contributed by atoms with van der Waals surface area (Å²) in [5.41, 5.74) is 0. The molecule has 0 aromatic rings. The molecule has 0 aromatic heterocycles. The molecule has 0 heterocycles. The number of carbonyl (C=O) groups is 3. The zero-order valence-electron chi connectivity index (χ0n) is 56.8. The summed E-state index contributed by atoms with van der Waals surface area (Å²) in [6.07, 6.45) is 102. The zero-order valence-corrected chi connectivity index (χ0v) is 56.8. The molecule has 0 rings (SSSR count). The van der Waals surface area contributed by atoms with Crippen LogP contribution in [0.3, 0.4) is 0 Å². The van der Waals surface area contributed by atoms with Crippen molar-refractivity contribution in [2.45, 2.75) is 245 Å². The van der Waals surface area contributed by atoms with Gasteiger partial charge in [-0.25, -0.2) is 4.79 Å². The van der Waals surface area contributed by atoms with Crippen LogP contribution in [-0.2, 0) is 33.3 Å². The molecule has 0 radical (unpaired) electrons. The van der Waals surface area contributed by atoms with E-state index in [-0.39, 0.29) is 38.6 Å². The number of quaternary nitrogens is 1. The van der Waals surface area contributed by atoms with Gasteiger partial charge in [-0.2, -0.15) is 0 Å². The number of carboxylic acid groups (broad SMARTS) is 1. The lowest BCUT2D eigenvalue weighted by atomic mass is 10.1. The molecule has 9 nitrogen and oxygen atoms in total. The van der Waals surface area contributed by atoms with Crippen LogP contribution < -0.4 is 0 Å². The highest BCUT2D eigenvalue weighted by atomic mass is 16.7. The summed E-state index contributed by atoms with van der Waals surface area (Å²) in [5.74, 6) is -2.07. The number of rotatable bonds is 61. The Morgan fingerprint density at radius 2 is 0.607 bits per heavy atom. The van der Waals surface area contributed by atoms with E-state index in [2.05, 4.69) is 208 Å². The summed E-state index contributed by atoms with van der Waals surface area (Å²) in [6.45, 7) is 4.59. The summed E-state index contributed by atoms with van der Waals surface area (Å²) in [5, 5.41) is 9.75. The van der Waals surface area contributed by atoms with E-state index in [1.54, 1.807) is 0 Å². The van der Waals surface area contributed by atoms with Crippen molar-refractivity contribution < 1.29 is 42.9 Å². The van der Waals surface area contributed by atoms with Gasteiger partial charge in [0.1, 0.15) is 13.2 Å². The molecule has 498 valence electrons. The summed E-state index contributed by atoms with van der Waals surface area (Å²) in [4.78, 5) is 37.6. The number of allylic oxidation sites excluding steroid dienone is 32. The molecular formula is C80H126NO8+. The maximum Gasteiger partial charge on any atom is 0.361 e. The number of hydrogen-bond donors (Lipinski definition) is 1. The molecule has 89 heavy (non-hydrogen) atoms. The number of carbonyl (C=O) groups excluding carboxylic acids is 2. The van der Waals surface area contributed by atoms with Crippen molar-refractivity contribution in [3.63, 3.8) is 0 Å². The topological polar surface area (TPSA) is 108 Å². The van der Waals surface area contributed by atoms with E-state index in [0.717, 1.165) is 161 Å². The third kappa shape index (κ3) is 69.5. The molecule has 0 spiro atoms. The maximum atomic E-state index is 12.9. The van der Waals surface area contributed by atoms with Gasteiger partial charge < -0.3 is 28.5 Å². The minimum absolute atomic E-state index is 0.170. The predicted octanol–water partition coefficient (Wildman–Crippen LogP) is 21.8. The molecule has 0 aromatic carbocycles. The van der Waals surface area contributed by atoms with Crippen LogP contribution >= 0.6 is 0 Å². The molecule has 2 unspecified atom stereocenters. The minimum Gasteiger partial charge on any atom is -0.477 e. The largest absolute Gasteiger partial charge is 0.477 e. The van der Waals surface area contributed by atoms with Crippen LogP contribution in [0.2, 0.25) is 0 Å². The first-order valence-electron chi connectivity index (χ1n) is 34.6. The molecule has 0 fully saturated rings. The predicted molar refractivity (Wildman–Crippen MR) is 382 cm³/mol. The van der Waals surface area contributed by atoms with Crippen LogP contribution in [0, 0.1) is 0 Å². The van der Waals surface area contributed by atoms with Crippen molar-refractivity contribution in [2.24, 2.45) is 0 Å². The fourth-order valence-electron chi connectivity index (χ4n) is 8.63. The normalized spacial score (nSPS) is 13.9. The highest BCUT2D eigenvalue weighted by Gasteiger charge is 2.25. The van der Waals surface area contributed by atoms with Crippen LogP contribution in [0.1, 0.15) is 232 Å². The highest BCUT2D eigenvalue weighted by molar-refractivity contribution is 5.71. The number of likely N-dealkylation sites (N-methyl/N-ethyl adjacent to an activating group) is 1. The third-order valence-electron chi connectivity index (χ3n) is 13.8. The smallest absolute Gasteiger partial charge is 0.361 e. The Bertz CT molecular complexity index is 2160. The van der Waals surface area contributed by atoms with Gasteiger partial charge in [0.2, 0.25) is 0 Å². The van der Waals surface area contributed by atoms with Gasteiger partial charge in [-0.3, -0.25) is 9.59 Å². The first-order chi connectivity index (χ1) is 43.6. The standard InChI is InChI=1S/C80H125NO8/c1-6-8-10-12-14-16-18-20-22-24-26-28-30-32-34-36-37-38-39-40-41-43-45-47-49-51-53-55-57-59-61-63-65-67-69-71-78(83)89-76(75-88-80(79(84)85)86-73-72-81(3,4)5)74-87-77(82)70-68-66-64-62-60-58-56-54-52-50-48-46-44-42-35-33-31-29-27-25-23-21-19-17-15-13-11-9-7-2/h8-11,14-17,20-23,26-29,32-35,37-38,40-41,44-47,51,53,57,59,76,80H,6-7,12-13,18-19,24-25,30-31,36,39,42-43,48-50,52,54-56,58,60-75H2,1-5H3/p+1/b10-8-,11-9-,16-14-,17-15-,22-20-,23-21-,28-26-,29-27-,34-32-,35-33-,38-37-,41-40-,46-44-,47-45-,53-51-,59-57-. The van der Waals surface area contributed by atoms with E-state index in [1.807, 2.05) is 21.1 Å². The number of esters is 2. The Labute approximate surface area is 544 Å². The molecule has 0 saturated carbocycles. The van der Waals surface area contributed by atoms with Gasteiger partial charge in [0.25, 0.3) is 6.29 Å². The highest BCUT2D eigenvalue weighted by Crippen LogP contribution is 2.14. The molecular weight excluding hydrogens is 1100 g/mol. The van der Waals surface area contributed by atoms with Gasteiger partial charge in [0, 0.05) is 12.8 Å². The van der Waals surface area contributed by atoms with Crippen molar-refractivity contribution in [3.8, 4) is 0 Å². The molecule has 0 bridgehead atoms. The first-order valence-corrected chi connectivity index (χ1v) is 34.6. The molecule has 1 N–H and O–H groups in total. The minimum atomic E-state index is -1.53. The van der Waals surface area contributed by atoms with Crippen LogP contribution in [0.15, 0.2) is 194 Å². The fourth-order valence-corrected chi connectivity index (χ4v) is 8.63. The maximum absolute atomic E-state index is 12.9. The van der Waals surface area contributed by atoms with Gasteiger partial charge in [-0.05, 0) is 141 Å². The molecule has 0 aliphatic carbocycles. The summed E-state index contributed by atoms with van der Waals surface area (Å²) >= 11 is 0. The van der Waals surface area contributed by atoms with Crippen molar-refractivity contribution >= 4 is 17.9 Å². The van der Waals surface area contributed by atoms with Crippen molar-refractivity contribution in [1.82, 2.24) is 0 Å². The zero-order chi connectivity index (χ0) is 64.7. The number of carboxylic acids is 1. The van der Waals surface area contributed by atoms with Gasteiger partial charge in [0.15, 0.2) is 6.10 Å². The van der Waals surface area contributed by atoms with Crippen LogP contribution in [0.4, 0.5) is 0 Å². The van der Waals surface area contributed by atoms with E-state index in [9.17, 15) is 19.5 Å². The Morgan fingerprint density at radius 3 is 0.899 bits per heavy atom. The average molecular weight is 1230 g/mol. The van der Waals surface area contributed by atoms with Crippen molar-refractivity contribution in [1.29, 1.82) is 0 Å². The Balaban J connectivity index is 4.29. The van der Waals surface area contributed by atoms with E-state index >= 15 is 0 Å². The van der Waals surface area contributed by atoms with Gasteiger partial charge in [-0.1, -0.05) is 272 Å². The van der Waals surface area contributed by atoms with Crippen LogP contribution in [0.25, 0.3) is 0 Å². The fraction of sp³-hybridized carbons (Fsp3) is 0.562. The number of aliphatic carboxylic acids is 1. The lowest BCUT2D eigenvalue weighted by Crippen LogP contribution is -2.40. The Hall–Kier alpha value is -5.87. The lowest BCUT2D eigenvalue weighted by molar-refractivity contribution is -0.870. The molecule has 0 aliphatic rings. The number of nitrogens with zero attached hydrogens (tertiary/aromatic N) is 1. The van der Waals surface area contributed by atoms with E-state index in [0.29, 0.717) is 17.4 Å². The molecule has 0 amide bonds. The van der Waals surface area contributed by atoms with Crippen molar-refractivity contribution in [3.05, 3.63) is 194 Å². The monoisotopic (exact) mass is 1230 g/mol. The second-order valence-electron chi connectivity index (χ2n) is 23.4. The Morgan fingerprint density at radius 1 is 0.337 bits per heavy atom. The molecule has 0 aliphatic heterocycles. The first kappa shape index (κ1) is 83.1. The van der Waals surface area contributed by atoms with E-state index in [1.165, 1.54) is 38.5 Å². The lowest BCUT2D eigenvalue weighted by Gasteiger charge is -2.25. The summed E-state index contributed by atoms with van der Waals surface area (Å²) in [7, 11) is 5.95. The van der Waals surface area contributed by atoms with E-state index < -0.39 is 24.3 Å². The molecule has 0 saturated heterocycles. The van der Waals surface area contributed by atoms with Crippen LogP contribution in [-0.4, -0.2) is 87.4 Å². The molecule has 2 atom stereocenters. The van der Waals surface area contributed by atoms with E-state index in [4.69, 9.17) is 18.9 Å². The van der Waals surface area contributed by atoms with Gasteiger partial charge >= 0.3 is 17.9 Å². The number of unbranched alkanes of at least 4 members (excludes halogenated alkanes) is 14. The number of ether oxygens (including phenoxy) is 4. The summed E-state index contributed by atoms with van der Waals surface area (Å²) < 4.78 is 22.9. The SMILES string of the molecule is CC/C=C\C/C=C\C/C=C\C/C=C\C/C=C\C/C=C\C/C=C\C/C=C\C/C=C\C/C=C\CCCCCCC(=O)OC(COC(=O)CCCCCCCCCCCC/C=C\C/C=C\C/C=C\C/C=C\C/C=C\C/C=C\CC)COC(OCC[N+](C)(C)C)C(=O)O. The Kier molecular flexibility index (Phi) is 63.6. The number of hydrogen-bond acceptors (Lipinski definition) is 7. The van der Waals surface area contributed by atoms with Crippen LogP contribution in [0.5, 0.6) is 0 Å².